The molecule has 0 spiro atoms. The molecule has 1 aromatic rings. The highest BCUT2D eigenvalue weighted by atomic mass is 32.2. The number of rotatable bonds is 8. The Bertz CT molecular complexity index is 599. The molecule has 0 aliphatic rings. The van der Waals surface area contributed by atoms with Gasteiger partial charge in [-0.1, -0.05) is 31.2 Å². The van der Waals surface area contributed by atoms with Crippen molar-refractivity contribution in [2.24, 2.45) is 0 Å². The van der Waals surface area contributed by atoms with Crippen LogP contribution >= 0.6 is 0 Å². The molecule has 0 radical (unpaired) electrons. The molecule has 1 atom stereocenters. The minimum atomic E-state index is -3.26. The molecule has 124 valence electrons. The molecule has 0 fully saturated rings. The molecule has 0 saturated carbocycles. The molecule has 0 bridgehead atoms. The van der Waals surface area contributed by atoms with Gasteiger partial charge in [0, 0.05) is 19.1 Å². The molecule has 0 saturated heterocycles. The number of hydrogen-bond acceptors (Lipinski definition) is 3. The maximum Gasteiger partial charge on any atom is 0.224 e. The predicted molar refractivity (Wildman–Crippen MR) is 89.2 cm³/mol. The first-order chi connectivity index (χ1) is 10.3. The molecule has 1 N–H and O–H groups in total. The molecule has 1 amide bonds. The van der Waals surface area contributed by atoms with Crippen LogP contribution in [-0.2, 0) is 21.2 Å². The van der Waals surface area contributed by atoms with Gasteiger partial charge in [-0.2, -0.15) is 4.31 Å². The van der Waals surface area contributed by atoms with Crippen LogP contribution in [0.15, 0.2) is 24.3 Å². The third-order valence-corrected chi connectivity index (χ3v) is 5.17. The number of hydrogen-bond donors (Lipinski definition) is 1. The van der Waals surface area contributed by atoms with Crippen LogP contribution in [0.1, 0.15) is 31.4 Å². The van der Waals surface area contributed by atoms with Gasteiger partial charge in [-0.05, 0) is 31.4 Å². The molecule has 0 aromatic heterocycles. The lowest BCUT2D eigenvalue weighted by Gasteiger charge is -2.26. The van der Waals surface area contributed by atoms with E-state index in [1.165, 1.54) is 10.6 Å². The van der Waals surface area contributed by atoms with Crippen LogP contribution in [0.2, 0.25) is 0 Å². The Balaban J connectivity index is 2.52. The highest BCUT2D eigenvalue weighted by Crippen LogP contribution is 2.09. The Hall–Kier alpha value is -1.40. The van der Waals surface area contributed by atoms with E-state index in [1.807, 2.05) is 45.0 Å². The molecule has 22 heavy (non-hydrogen) atoms. The zero-order chi connectivity index (χ0) is 16.8. The first kappa shape index (κ1) is 18.6. The SMILES string of the molecule is CCC(C)N(CCNC(=O)Cc1ccccc1C)S(C)(=O)=O. The van der Waals surface area contributed by atoms with Gasteiger partial charge in [0.05, 0.1) is 12.7 Å². The summed E-state index contributed by atoms with van der Waals surface area (Å²) in [5, 5.41) is 2.79. The van der Waals surface area contributed by atoms with E-state index in [1.54, 1.807) is 0 Å². The van der Waals surface area contributed by atoms with E-state index in [0.29, 0.717) is 19.5 Å². The predicted octanol–water partition coefficient (Wildman–Crippen LogP) is 1.71. The van der Waals surface area contributed by atoms with Gasteiger partial charge < -0.3 is 5.32 Å². The zero-order valence-corrected chi connectivity index (χ0v) is 14.6. The summed E-state index contributed by atoms with van der Waals surface area (Å²) in [6, 6.07) is 7.67. The molecule has 5 nitrogen and oxygen atoms in total. The van der Waals surface area contributed by atoms with E-state index in [4.69, 9.17) is 0 Å². The van der Waals surface area contributed by atoms with E-state index in [2.05, 4.69) is 5.32 Å². The second-order valence-corrected chi connectivity index (χ2v) is 7.52. The second kappa shape index (κ2) is 8.29. The van der Waals surface area contributed by atoms with Gasteiger partial charge in [0.15, 0.2) is 0 Å². The summed E-state index contributed by atoms with van der Waals surface area (Å²) in [5.74, 6) is -0.0908. The van der Waals surface area contributed by atoms with Crippen molar-refractivity contribution in [2.45, 2.75) is 39.7 Å². The van der Waals surface area contributed by atoms with Crippen molar-refractivity contribution in [1.82, 2.24) is 9.62 Å². The summed E-state index contributed by atoms with van der Waals surface area (Å²) in [4.78, 5) is 12.0. The molecule has 1 rings (SSSR count). The minimum Gasteiger partial charge on any atom is -0.354 e. The summed E-state index contributed by atoms with van der Waals surface area (Å²) in [6.07, 6.45) is 2.26. The number of benzene rings is 1. The van der Waals surface area contributed by atoms with E-state index < -0.39 is 10.0 Å². The molecular formula is C16H26N2O3S. The van der Waals surface area contributed by atoms with Gasteiger partial charge in [0.2, 0.25) is 15.9 Å². The molecular weight excluding hydrogens is 300 g/mol. The minimum absolute atomic E-state index is 0.0664. The second-order valence-electron chi connectivity index (χ2n) is 5.58. The average molecular weight is 326 g/mol. The Morgan fingerprint density at radius 3 is 2.50 bits per heavy atom. The normalized spacial score (nSPS) is 13.1. The number of amides is 1. The van der Waals surface area contributed by atoms with Gasteiger partial charge in [0.25, 0.3) is 0 Å². The van der Waals surface area contributed by atoms with Gasteiger partial charge in [-0.25, -0.2) is 8.42 Å². The summed E-state index contributed by atoms with van der Waals surface area (Å²) < 4.78 is 24.9. The van der Waals surface area contributed by atoms with Crippen molar-refractivity contribution in [2.75, 3.05) is 19.3 Å². The monoisotopic (exact) mass is 326 g/mol. The van der Waals surface area contributed by atoms with Crippen LogP contribution in [0.3, 0.4) is 0 Å². The van der Waals surface area contributed by atoms with Gasteiger partial charge >= 0.3 is 0 Å². The standard InChI is InChI=1S/C16H26N2O3S/c1-5-14(3)18(22(4,20)21)11-10-17-16(19)12-15-9-7-6-8-13(15)2/h6-9,14H,5,10-12H2,1-4H3,(H,17,19). The van der Waals surface area contributed by atoms with Gasteiger partial charge in [0.1, 0.15) is 0 Å². The Morgan fingerprint density at radius 2 is 1.95 bits per heavy atom. The maximum atomic E-state index is 12.0. The lowest BCUT2D eigenvalue weighted by atomic mass is 10.1. The van der Waals surface area contributed by atoms with Crippen molar-refractivity contribution in [3.63, 3.8) is 0 Å². The Labute approximate surface area is 133 Å². The van der Waals surface area contributed by atoms with Crippen LogP contribution in [-0.4, -0.2) is 44.0 Å². The summed E-state index contributed by atoms with van der Waals surface area (Å²) in [7, 11) is -3.26. The summed E-state index contributed by atoms with van der Waals surface area (Å²) >= 11 is 0. The largest absolute Gasteiger partial charge is 0.354 e. The molecule has 1 unspecified atom stereocenters. The lowest BCUT2D eigenvalue weighted by molar-refractivity contribution is -0.120. The van der Waals surface area contributed by atoms with Crippen LogP contribution < -0.4 is 5.32 Å². The molecule has 0 aliphatic carbocycles. The van der Waals surface area contributed by atoms with Gasteiger partial charge in [-0.15, -0.1) is 0 Å². The molecule has 6 heteroatoms. The van der Waals surface area contributed by atoms with Crippen LogP contribution in [0.25, 0.3) is 0 Å². The van der Waals surface area contributed by atoms with Crippen LogP contribution in [0.4, 0.5) is 0 Å². The van der Waals surface area contributed by atoms with Crippen molar-refractivity contribution in [3.05, 3.63) is 35.4 Å². The summed E-state index contributed by atoms with van der Waals surface area (Å²) in [6.45, 7) is 6.40. The number of nitrogens with zero attached hydrogens (tertiary/aromatic N) is 1. The highest BCUT2D eigenvalue weighted by molar-refractivity contribution is 7.88. The first-order valence-electron chi connectivity index (χ1n) is 7.53. The molecule has 1 aromatic carbocycles. The maximum absolute atomic E-state index is 12.0. The number of nitrogens with one attached hydrogen (secondary N) is 1. The zero-order valence-electron chi connectivity index (χ0n) is 13.8. The van der Waals surface area contributed by atoms with Gasteiger partial charge in [-0.3, -0.25) is 4.79 Å². The quantitative estimate of drug-likeness (QED) is 0.791. The Morgan fingerprint density at radius 1 is 1.32 bits per heavy atom. The fraction of sp³-hybridized carbons (Fsp3) is 0.562. The smallest absolute Gasteiger partial charge is 0.224 e. The van der Waals surface area contributed by atoms with E-state index in [9.17, 15) is 13.2 Å². The number of carbonyl (C=O) groups is 1. The van der Waals surface area contributed by atoms with Crippen LogP contribution in [0, 0.1) is 6.92 Å². The third-order valence-electron chi connectivity index (χ3n) is 3.78. The fourth-order valence-electron chi connectivity index (χ4n) is 2.27. The van der Waals surface area contributed by atoms with Crippen molar-refractivity contribution < 1.29 is 13.2 Å². The van der Waals surface area contributed by atoms with E-state index in [-0.39, 0.29) is 11.9 Å². The number of aryl methyl sites for hydroxylation is 1. The topological polar surface area (TPSA) is 66.5 Å². The lowest BCUT2D eigenvalue weighted by Crippen LogP contribution is -2.43. The molecule has 0 aliphatic heterocycles. The molecule has 0 heterocycles. The van der Waals surface area contributed by atoms with Crippen molar-refractivity contribution in [3.8, 4) is 0 Å². The first-order valence-corrected chi connectivity index (χ1v) is 9.38. The van der Waals surface area contributed by atoms with Crippen molar-refractivity contribution >= 4 is 15.9 Å². The average Bonchev–Trinajstić information content (AvgIpc) is 2.44. The number of carbonyl (C=O) groups excluding carboxylic acids is 1. The fourth-order valence-corrected chi connectivity index (χ4v) is 3.49. The number of sulfonamides is 1. The van der Waals surface area contributed by atoms with Crippen LogP contribution in [0.5, 0.6) is 0 Å². The third kappa shape index (κ3) is 5.77. The Kier molecular flexibility index (Phi) is 7.03. The summed E-state index contributed by atoms with van der Waals surface area (Å²) in [5.41, 5.74) is 2.07. The highest BCUT2D eigenvalue weighted by Gasteiger charge is 2.21. The van der Waals surface area contributed by atoms with E-state index in [0.717, 1.165) is 17.5 Å². The van der Waals surface area contributed by atoms with E-state index >= 15 is 0 Å². The van der Waals surface area contributed by atoms with Crippen molar-refractivity contribution in [1.29, 1.82) is 0 Å².